The predicted molar refractivity (Wildman–Crippen MR) is 73.0 cm³/mol. The molecule has 0 amide bonds. The molecular formula is C15H24N2. The molecule has 1 heterocycles. The Kier molecular flexibility index (Phi) is 5.02. The van der Waals surface area contributed by atoms with Crippen LogP contribution in [0.2, 0.25) is 0 Å². The first-order valence-electron chi connectivity index (χ1n) is 6.86. The van der Waals surface area contributed by atoms with Crippen molar-refractivity contribution in [2.24, 2.45) is 5.92 Å². The molecule has 2 unspecified atom stereocenters. The molecule has 94 valence electrons. The topological polar surface area (TPSA) is 24.1 Å². The molecule has 1 aliphatic heterocycles. The first-order valence-corrected chi connectivity index (χ1v) is 6.86. The van der Waals surface area contributed by atoms with Crippen LogP contribution in [0, 0.1) is 5.92 Å². The Balaban J connectivity index is 1.68. The Morgan fingerprint density at radius 1 is 1.29 bits per heavy atom. The molecule has 0 bridgehead atoms. The fourth-order valence-corrected chi connectivity index (χ4v) is 2.61. The van der Waals surface area contributed by atoms with Crippen LogP contribution in [-0.2, 0) is 6.54 Å². The first kappa shape index (κ1) is 12.6. The molecule has 2 nitrogen and oxygen atoms in total. The van der Waals surface area contributed by atoms with Gasteiger partial charge >= 0.3 is 0 Å². The zero-order valence-corrected chi connectivity index (χ0v) is 10.8. The van der Waals surface area contributed by atoms with Crippen LogP contribution in [0.1, 0.15) is 31.7 Å². The van der Waals surface area contributed by atoms with Gasteiger partial charge in [-0.3, -0.25) is 0 Å². The second kappa shape index (κ2) is 6.77. The molecule has 2 rings (SSSR count). The third kappa shape index (κ3) is 4.14. The molecule has 0 aromatic heterocycles. The molecule has 1 saturated heterocycles. The van der Waals surface area contributed by atoms with Gasteiger partial charge in [0.1, 0.15) is 0 Å². The van der Waals surface area contributed by atoms with Gasteiger partial charge in [-0.2, -0.15) is 0 Å². The number of nitrogens with one attached hydrogen (secondary N) is 2. The number of piperidine rings is 1. The van der Waals surface area contributed by atoms with E-state index in [9.17, 15) is 0 Å². The van der Waals surface area contributed by atoms with E-state index in [0.717, 1.165) is 19.0 Å². The first-order chi connectivity index (χ1) is 8.38. The number of benzene rings is 1. The number of hydrogen-bond acceptors (Lipinski definition) is 2. The van der Waals surface area contributed by atoms with E-state index in [1.54, 1.807) is 0 Å². The van der Waals surface area contributed by atoms with Gasteiger partial charge < -0.3 is 10.6 Å². The second-order valence-electron chi connectivity index (χ2n) is 5.07. The summed E-state index contributed by atoms with van der Waals surface area (Å²) in [5, 5.41) is 7.16. The lowest BCUT2D eigenvalue weighted by Crippen LogP contribution is -2.44. The van der Waals surface area contributed by atoms with E-state index >= 15 is 0 Å². The fourth-order valence-electron chi connectivity index (χ4n) is 2.61. The van der Waals surface area contributed by atoms with E-state index in [2.05, 4.69) is 47.9 Å². The van der Waals surface area contributed by atoms with Crippen molar-refractivity contribution in [3.8, 4) is 0 Å². The van der Waals surface area contributed by atoms with E-state index in [4.69, 9.17) is 0 Å². The van der Waals surface area contributed by atoms with E-state index < -0.39 is 0 Å². The largest absolute Gasteiger partial charge is 0.313 e. The normalized spacial score (nSPS) is 24.8. The maximum atomic E-state index is 3.61. The highest BCUT2D eigenvalue weighted by molar-refractivity contribution is 5.14. The molecule has 17 heavy (non-hydrogen) atoms. The minimum atomic E-state index is 0.664. The third-order valence-electron chi connectivity index (χ3n) is 3.74. The molecule has 0 spiro atoms. The number of rotatable bonds is 5. The van der Waals surface area contributed by atoms with Gasteiger partial charge in [0.15, 0.2) is 0 Å². The molecule has 1 fully saturated rings. The van der Waals surface area contributed by atoms with Crippen LogP contribution >= 0.6 is 0 Å². The molecule has 1 aromatic rings. The summed E-state index contributed by atoms with van der Waals surface area (Å²) in [6.45, 7) is 5.57. The van der Waals surface area contributed by atoms with Gasteiger partial charge in [0.05, 0.1) is 0 Å². The number of hydrogen-bond donors (Lipinski definition) is 2. The van der Waals surface area contributed by atoms with Crippen LogP contribution in [-0.4, -0.2) is 19.1 Å². The fraction of sp³-hybridized carbons (Fsp3) is 0.600. The van der Waals surface area contributed by atoms with Crippen LogP contribution in [0.4, 0.5) is 0 Å². The molecular weight excluding hydrogens is 208 g/mol. The monoisotopic (exact) mass is 232 g/mol. The molecule has 2 heteroatoms. The Morgan fingerprint density at radius 2 is 2.12 bits per heavy atom. The maximum Gasteiger partial charge on any atom is 0.0206 e. The molecule has 2 N–H and O–H groups in total. The lowest BCUT2D eigenvalue weighted by Gasteiger charge is -2.30. The summed E-state index contributed by atoms with van der Waals surface area (Å²) in [7, 11) is 0. The lowest BCUT2D eigenvalue weighted by molar-refractivity contribution is 0.288. The van der Waals surface area contributed by atoms with Gasteiger partial charge in [-0.15, -0.1) is 0 Å². The van der Waals surface area contributed by atoms with Crippen LogP contribution in [0.15, 0.2) is 30.3 Å². The minimum absolute atomic E-state index is 0.664. The Bertz CT molecular complexity index is 310. The molecule has 2 atom stereocenters. The molecule has 0 saturated carbocycles. The van der Waals surface area contributed by atoms with Gasteiger partial charge in [0.2, 0.25) is 0 Å². The quantitative estimate of drug-likeness (QED) is 0.815. The van der Waals surface area contributed by atoms with Gasteiger partial charge in [0, 0.05) is 19.1 Å². The Labute approximate surface area is 105 Å². The standard InChI is InChI=1S/C15H24N2/c1-2-13-8-9-17-15(10-13)12-16-11-14-6-4-3-5-7-14/h3-7,13,15-17H,2,8-12H2,1H3. The van der Waals surface area contributed by atoms with Gasteiger partial charge in [0.25, 0.3) is 0 Å². The summed E-state index contributed by atoms with van der Waals surface area (Å²) in [6.07, 6.45) is 4.01. The van der Waals surface area contributed by atoms with Crippen molar-refractivity contribution in [3.63, 3.8) is 0 Å². The summed E-state index contributed by atoms with van der Waals surface area (Å²) in [5.41, 5.74) is 1.37. The molecule has 1 aromatic carbocycles. The predicted octanol–water partition coefficient (Wildman–Crippen LogP) is 2.55. The van der Waals surface area contributed by atoms with Crippen molar-refractivity contribution in [3.05, 3.63) is 35.9 Å². The van der Waals surface area contributed by atoms with Crippen molar-refractivity contribution < 1.29 is 0 Å². The van der Waals surface area contributed by atoms with Crippen LogP contribution in [0.5, 0.6) is 0 Å². The SMILES string of the molecule is CCC1CCNC(CNCc2ccccc2)C1. The highest BCUT2D eigenvalue weighted by atomic mass is 15.0. The van der Waals surface area contributed by atoms with Crippen molar-refractivity contribution in [2.45, 2.75) is 38.8 Å². The summed E-state index contributed by atoms with van der Waals surface area (Å²) >= 11 is 0. The van der Waals surface area contributed by atoms with Crippen LogP contribution in [0.25, 0.3) is 0 Å². The maximum absolute atomic E-state index is 3.61. The van der Waals surface area contributed by atoms with E-state index in [1.165, 1.54) is 31.4 Å². The van der Waals surface area contributed by atoms with Crippen molar-refractivity contribution in [1.29, 1.82) is 0 Å². The van der Waals surface area contributed by atoms with Gasteiger partial charge in [-0.05, 0) is 30.9 Å². The summed E-state index contributed by atoms with van der Waals surface area (Å²) < 4.78 is 0. The van der Waals surface area contributed by atoms with Crippen LogP contribution in [0.3, 0.4) is 0 Å². The van der Waals surface area contributed by atoms with Gasteiger partial charge in [-0.1, -0.05) is 43.7 Å². The second-order valence-corrected chi connectivity index (χ2v) is 5.07. The van der Waals surface area contributed by atoms with E-state index in [1.807, 2.05) is 0 Å². The van der Waals surface area contributed by atoms with Crippen molar-refractivity contribution in [1.82, 2.24) is 10.6 Å². The average molecular weight is 232 g/mol. The van der Waals surface area contributed by atoms with Crippen LogP contribution < -0.4 is 10.6 Å². The van der Waals surface area contributed by atoms with Crippen molar-refractivity contribution in [2.75, 3.05) is 13.1 Å². The molecule has 0 radical (unpaired) electrons. The molecule has 0 aliphatic carbocycles. The Morgan fingerprint density at radius 3 is 2.88 bits per heavy atom. The zero-order valence-electron chi connectivity index (χ0n) is 10.8. The average Bonchev–Trinajstić information content (AvgIpc) is 2.40. The highest BCUT2D eigenvalue weighted by Crippen LogP contribution is 2.18. The minimum Gasteiger partial charge on any atom is -0.313 e. The summed E-state index contributed by atoms with van der Waals surface area (Å²) in [5.74, 6) is 0.930. The zero-order chi connectivity index (χ0) is 11.9. The third-order valence-corrected chi connectivity index (χ3v) is 3.74. The smallest absolute Gasteiger partial charge is 0.0206 e. The highest BCUT2D eigenvalue weighted by Gasteiger charge is 2.19. The van der Waals surface area contributed by atoms with Gasteiger partial charge in [-0.25, -0.2) is 0 Å². The lowest BCUT2D eigenvalue weighted by atomic mass is 9.90. The van der Waals surface area contributed by atoms with E-state index in [-0.39, 0.29) is 0 Å². The molecule has 1 aliphatic rings. The summed E-state index contributed by atoms with van der Waals surface area (Å²) in [4.78, 5) is 0. The van der Waals surface area contributed by atoms with Crippen molar-refractivity contribution >= 4 is 0 Å². The summed E-state index contributed by atoms with van der Waals surface area (Å²) in [6, 6.07) is 11.3. The Hall–Kier alpha value is -0.860. The van der Waals surface area contributed by atoms with E-state index in [0.29, 0.717) is 6.04 Å².